The first-order valence-corrected chi connectivity index (χ1v) is 11.8. The van der Waals surface area contributed by atoms with Crippen molar-refractivity contribution in [1.29, 1.82) is 5.26 Å². The molecular formula is C28H25BrN2O3. The highest BCUT2D eigenvalue weighted by atomic mass is 79.9. The molecule has 0 aliphatic rings. The van der Waals surface area contributed by atoms with E-state index < -0.39 is 11.4 Å². The lowest BCUT2D eigenvalue weighted by atomic mass is 9.72. The molecule has 0 spiro atoms. The highest BCUT2D eigenvalue weighted by Crippen LogP contribution is 2.40. The molecule has 34 heavy (non-hydrogen) atoms. The van der Waals surface area contributed by atoms with Gasteiger partial charge in [0.2, 0.25) is 0 Å². The summed E-state index contributed by atoms with van der Waals surface area (Å²) in [6.45, 7) is 2.04. The fourth-order valence-electron chi connectivity index (χ4n) is 4.52. The minimum Gasteiger partial charge on any atom is -0.496 e. The summed E-state index contributed by atoms with van der Waals surface area (Å²) in [4.78, 5) is 13.3. The van der Waals surface area contributed by atoms with Gasteiger partial charge in [0.15, 0.2) is 0 Å². The number of ether oxygens (including phenoxy) is 2. The van der Waals surface area contributed by atoms with Crippen LogP contribution in [0.3, 0.4) is 0 Å². The van der Waals surface area contributed by atoms with Crippen LogP contribution in [0.1, 0.15) is 34.1 Å². The highest BCUT2D eigenvalue weighted by molar-refractivity contribution is 9.10. The highest BCUT2D eigenvalue weighted by Gasteiger charge is 2.38. The summed E-state index contributed by atoms with van der Waals surface area (Å²) in [5, 5.41) is 11.4. The van der Waals surface area contributed by atoms with E-state index in [2.05, 4.69) is 22.0 Å². The van der Waals surface area contributed by atoms with Crippen LogP contribution in [0.15, 0.2) is 77.3 Å². The molecule has 1 heterocycles. The van der Waals surface area contributed by atoms with Gasteiger partial charge in [-0.15, -0.1) is 0 Å². The van der Waals surface area contributed by atoms with Crippen LogP contribution in [0.4, 0.5) is 0 Å². The molecule has 0 saturated heterocycles. The van der Waals surface area contributed by atoms with Crippen LogP contribution in [0.25, 0.3) is 10.9 Å². The molecule has 4 aromatic rings. The molecule has 0 atom stereocenters. The van der Waals surface area contributed by atoms with Crippen molar-refractivity contribution >= 4 is 32.8 Å². The Kier molecular flexibility index (Phi) is 6.76. The lowest BCUT2D eigenvalue weighted by Gasteiger charge is -2.29. The van der Waals surface area contributed by atoms with E-state index in [0.717, 1.165) is 32.2 Å². The Morgan fingerprint density at radius 1 is 1.06 bits per heavy atom. The molecule has 3 aromatic carbocycles. The zero-order valence-electron chi connectivity index (χ0n) is 19.3. The van der Waals surface area contributed by atoms with Gasteiger partial charge < -0.3 is 14.0 Å². The number of nitrogens with zero attached hydrogens (tertiary/aromatic N) is 2. The lowest BCUT2D eigenvalue weighted by Crippen LogP contribution is -2.30. The molecule has 0 aliphatic heterocycles. The van der Waals surface area contributed by atoms with Gasteiger partial charge in [-0.05, 0) is 46.1 Å². The van der Waals surface area contributed by atoms with Gasteiger partial charge in [-0.3, -0.25) is 0 Å². The fraction of sp³-hybridized carbons (Fsp3) is 0.214. The number of esters is 1. The maximum Gasteiger partial charge on any atom is 0.340 e. The molecule has 6 heteroatoms. The second-order valence-electron chi connectivity index (χ2n) is 8.03. The van der Waals surface area contributed by atoms with E-state index in [9.17, 15) is 10.1 Å². The van der Waals surface area contributed by atoms with Crippen molar-refractivity contribution in [1.82, 2.24) is 4.57 Å². The van der Waals surface area contributed by atoms with Crippen molar-refractivity contribution in [2.75, 3.05) is 13.7 Å². The molecule has 0 saturated carbocycles. The number of aryl methyl sites for hydroxylation is 1. The maximum atomic E-state index is 13.3. The quantitative estimate of drug-likeness (QED) is 0.275. The molecule has 0 N–H and O–H groups in total. The van der Waals surface area contributed by atoms with E-state index in [1.807, 2.05) is 84.4 Å². The molecule has 0 amide bonds. The van der Waals surface area contributed by atoms with Crippen LogP contribution < -0.4 is 4.74 Å². The van der Waals surface area contributed by atoms with Gasteiger partial charge in [-0.25, -0.2) is 4.79 Å². The van der Waals surface area contributed by atoms with Crippen molar-refractivity contribution in [3.8, 4) is 11.8 Å². The average molecular weight is 517 g/mol. The molecule has 0 unspecified atom stereocenters. The van der Waals surface area contributed by atoms with E-state index in [4.69, 9.17) is 9.47 Å². The zero-order chi connectivity index (χ0) is 24.3. The molecule has 4 rings (SSSR count). The zero-order valence-corrected chi connectivity index (χ0v) is 20.9. The minimum absolute atomic E-state index is 0.253. The third kappa shape index (κ3) is 3.97. The Morgan fingerprint density at radius 3 is 2.15 bits per heavy atom. The Labute approximate surface area is 207 Å². The number of fused-ring (bicyclic) bond motifs is 1. The molecule has 172 valence electrons. The number of hydrogen-bond donors (Lipinski definition) is 0. The lowest BCUT2D eigenvalue weighted by molar-refractivity contribution is 0.0527. The summed E-state index contributed by atoms with van der Waals surface area (Å²) < 4.78 is 13.7. The number of carbonyl (C=O) groups is 1. The summed E-state index contributed by atoms with van der Waals surface area (Å²) in [5.74, 6) is 0.202. The molecule has 1 aromatic heterocycles. The van der Waals surface area contributed by atoms with E-state index >= 15 is 0 Å². The van der Waals surface area contributed by atoms with Crippen LogP contribution in [0.2, 0.25) is 0 Å². The molecular weight excluding hydrogens is 492 g/mol. The van der Waals surface area contributed by atoms with Crippen molar-refractivity contribution < 1.29 is 14.3 Å². The van der Waals surface area contributed by atoms with Crippen LogP contribution >= 0.6 is 15.9 Å². The topological polar surface area (TPSA) is 64.2 Å². The SMILES string of the molecule is CCOC(=O)c1c(CC(C#N)(c2ccccc2)c2ccccc2)n(C)c2cc(Br)c(OC)cc12. The van der Waals surface area contributed by atoms with Crippen molar-refractivity contribution in [3.05, 3.63) is 99.7 Å². The number of aromatic nitrogens is 1. The van der Waals surface area contributed by atoms with Crippen molar-refractivity contribution in [2.45, 2.75) is 18.8 Å². The smallest absolute Gasteiger partial charge is 0.340 e. The van der Waals surface area contributed by atoms with Gasteiger partial charge in [0, 0.05) is 24.5 Å². The predicted octanol–water partition coefficient (Wildman–Crippen LogP) is 6.18. The first kappa shape index (κ1) is 23.6. The third-order valence-electron chi connectivity index (χ3n) is 6.23. The molecule has 0 aliphatic carbocycles. The maximum absolute atomic E-state index is 13.3. The monoisotopic (exact) mass is 516 g/mol. The number of nitriles is 1. The molecule has 5 nitrogen and oxygen atoms in total. The first-order chi connectivity index (χ1) is 16.5. The normalized spacial score (nSPS) is 11.3. The Hall–Kier alpha value is -3.56. The van der Waals surface area contributed by atoms with E-state index in [-0.39, 0.29) is 13.0 Å². The summed E-state index contributed by atoms with van der Waals surface area (Å²) in [6, 6.07) is 25.8. The van der Waals surface area contributed by atoms with E-state index in [1.54, 1.807) is 14.0 Å². The molecule has 0 bridgehead atoms. The summed E-state index contributed by atoms with van der Waals surface area (Å²) in [7, 11) is 3.50. The van der Waals surface area contributed by atoms with Gasteiger partial charge in [0.25, 0.3) is 0 Å². The summed E-state index contributed by atoms with van der Waals surface area (Å²) in [6.07, 6.45) is 0.288. The number of rotatable bonds is 7. The van der Waals surface area contributed by atoms with Crippen LogP contribution in [0.5, 0.6) is 5.75 Å². The van der Waals surface area contributed by atoms with Crippen LogP contribution in [-0.4, -0.2) is 24.3 Å². The number of halogens is 1. The number of hydrogen-bond acceptors (Lipinski definition) is 4. The van der Waals surface area contributed by atoms with Crippen molar-refractivity contribution in [2.24, 2.45) is 7.05 Å². The van der Waals surface area contributed by atoms with E-state index in [1.165, 1.54) is 0 Å². The van der Waals surface area contributed by atoms with Gasteiger partial charge in [0.05, 0.1) is 35.3 Å². The average Bonchev–Trinajstić information content (AvgIpc) is 3.13. The van der Waals surface area contributed by atoms with Crippen LogP contribution in [-0.2, 0) is 23.6 Å². The number of methoxy groups -OCH3 is 1. The van der Waals surface area contributed by atoms with Gasteiger partial charge in [0.1, 0.15) is 11.2 Å². The molecule has 0 fully saturated rings. The summed E-state index contributed by atoms with van der Waals surface area (Å²) >= 11 is 3.56. The minimum atomic E-state index is -1.01. The number of benzene rings is 3. The second-order valence-corrected chi connectivity index (χ2v) is 8.89. The second kappa shape index (κ2) is 9.74. The third-order valence-corrected chi connectivity index (χ3v) is 6.85. The first-order valence-electron chi connectivity index (χ1n) is 11.0. The Bertz CT molecular complexity index is 1330. The van der Waals surface area contributed by atoms with Crippen molar-refractivity contribution in [3.63, 3.8) is 0 Å². The standard InChI is InChI=1S/C28H25BrN2O3/c1-4-34-27(32)26-21-15-25(33-3)22(29)16-23(21)31(2)24(26)17-28(18-30,19-11-7-5-8-12-19)20-13-9-6-10-14-20/h5-16H,4,17H2,1-3H3. The largest absolute Gasteiger partial charge is 0.496 e. The number of carbonyl (C=O) groups excluding carboxylic acids is 1. The van der Waals surface area contributed by atoms with Gasteiger partial charge in [-0.1, -0.05) is 60.7 Å². The molecule has 0 radical (unpaired) electrons. The fourth-order valence-corrected chi connectivity index (χ4v) is 5.01. The van der Waals surface area contributed by atoms with Gasteiger partial charge in [-0.2, -0.15) is 5.26 Å². The Morgan fingerprint density at radius 2 is 1.65 bits per heavy atom. The summed E-state index contributed by atoms with van der Waals surface area (Å²) in [5.41, 5.74) is 2.75. The van der Waals surface area contributed by atoms with Gasteiger partial charge >= 0.3 is 5.97 Å². The Balaban J connectivity index is 2.03. The van der Waals surface area contributed by atoms with E-state index in [0.29, 0.717) is 11.3 Å². The van der Waals surface area contributed by atoms with Crippen LogP contribution in [0, 0.1) is 11.3 Å². The predicted molar refractivity (Wildman–Crippen MR) is 136 cm³/mol.